The molecule has 4 heteroatoms. The van der Waals surface area contributed by atoms with Crippen molar-refractivity contribution in [2.75, 3.05) is 5.32 Å². The van der Waals surface area contributed by atoms with Crippen LogP contribution in [0.15, 0.2) is 59.1 Å². The molecular formula is C23H25BrN2O. The number of carbonyl (C=O) groups is 1. The molecule has 0 saturated carbocycles. The minimum Gasteiger partial charge on any atom is -0.378 e. The molecule has 4 unspecified atom stereocenters. The number of benzene rings is 2. The van der Waals surface area contributed by atoms with Crippen molar-refractivity contribution >= 4 is 27.5 Å². The van der Waals surface area contributed by atoms with Crippen LogP contribution in [0, 0.1) is 5.92 Å². The fourth-order valence-corrected chi connectivity index (χ4v) is 4.41. The first kappa shape index (κ1) is 18.3. The van der Waals surface area contributed by atoms with Gasteiger partial charge in [0.15, 0.2) is 0 Å². The van der Waals surface area contributed by atoms with Gasteiger partial charge >= 0.3 is 0 Å². The summed E-state index contributed by atoms with van der Waals surface area (Å²) in [6.45, 7) is 4.12. The average molecular weight is 425 g/mol. The highest BCUT2D eigenvalue weighted by Gasteiger charge is 2.38. The summed E-state index contributed by atoms with van der Waals surface area (Å²) in [6.07, 6.45) is 6.58. The van der Waals surface area contributed by atoms with E-state index in [-0.39, 0.29) is 18.0 Å². The van der Waals surface area contributed by atoms with Crippen molar-refractivity contribution in [1.82, 2.24) is 5.32 Å². The molecule has 0 radical (unpaired) electrons. The largest absolute Gasteiger partial charge is 0.378 e. The van der Waals surface area contributed by atoms with Gasteiger partial charge in [0.2, 0.25) is 0 Å². The van der Waals surface area contributed by atoms with Gasteiger partial charge in [-0.2, -0.15) is 0 Å². The van der Waals surface area contributed by atoms with E-state index < -0.39 is 0 Å². The monoisotopic (exact) mass is 424 g/mol. The maximum atomic E-state index is 12.6. The fourth-order valence-electron chi connectivity index (χ4n) is 4.14. The number of nitrogens with one attached hydrogen (secondary N) is 2. The molecule has 1 aliphatic heterocycles. The van der Waals surface area contributed by atoms with E-state index in [1.54, 1.807) is 0 Å². The second-order valence-electron chi connectivity index (χ2n) is 7.61. The highest BCUT2D eigenvalue weighted by Crippen LogP contribution is 2.50. The van der Waals surface area contributed by atoms with E-state index in [1.807, 2.05) is 13.0 Å². The summed E-state index contributed by atoms with van der Waals surface area (Å²) >= 11 is 3.52. The lowest BCUT2D eigenvalue weighted by atomic mass is 9.76. The SMILES string of the molecule is CCC(C)NC(=O)c1ccc2c(c1)C1C=CCC1C(c1ccc(Br)cc1)N2. The Bertz CT molecular complexity index is 874. The molecule has 1 aliphatic carbocycles. The van der Waals surface area contributed by atoms with E-state index in [1.165, 1.54) is 11.1 Å². The zero-order valence-electron chi connectivity index (χ0n) is 15.7. The molecule has 1 amide bonds. The molecule has 0 fully saturated rings. The number of fused-ring (bicyclic) bond motifs is 3. The van der Waals surface area contributed by atoms with Crippen molar-refractivity contribution in [3.05, 3.63) is 75.8 Å². The molecule has 2 aromatic carbocycles. The zero-order valence-corrected chi connectivity index (χ0v) is 17.3. The number of anilines is 1. The van der Waals surface area contributed by atoms with Crippen LogP contribution in [0.4, 0.5) is 5.69 Å². The number of rotatable bonds is 4. The molecule has 27 heavy (non-hydrogen) atoms. The standard InChI is InChI=1S/C23H25BrN2O/c1-3-14(2)25-23(27)16-9-12-21-20(13-16)18-5-4-6-19(18)22(26-21)15-7-10-17(24)11-8-15/h4-5,7-14,18-19,22,26H,3,6H2,1-2H3,(H,25,27). The van der Waals surface area contributed by atoms with Gasteiger partial charge in [0.1, 0.15) is 0 Å². The molecule has 3 nitrogen and oxygen atoms in total. The lowest BCUT2D eigenvalue weighted by Gasteiger charge is -2.37. The Morgan fingerprint density at radius 1 is 1.26 bits per heavy atom. The van der Waals surface area contributed by atoms with Crippen LogP contribution in [0.2, 0.25) is 0 Å². The van der Waals surface area contributed by atoms with Crippen molar-refractivity contribution in [3.63, 3.8) is 0 Å². The van der Waals surface area contributed by atoms with E-state index in [0.29, 0.717) is 11.8 Å². The smallest absolute Gasteiger partial charge is 0.251 e. The van der Waals surface area contributed by atoms with Gasteiger partial charge in [0, 0.05) is 27.7 Å². The zero-order chi connectivity index (χ0) is 19.0. The van der Waals surface area contributed by atoms with E-state index in [9.17, 15) is 4.79 Å². The van der Waals surface area contributed by atoms with Crippen molar-refractivity contribution in [3.8, 4) is 0 Å². The summed E-state index contributed by atoms with van der Waals surface area (Å²) in [6, 6.07) is 15.1. The summed E-state index contributed by atoms with van der Waals surface area (Å²) in [5, 5.41) is 6.81. The van der Waals surface area contributed by atoms with E-state index in [2.05, 4.69) is 82.0 Å². The predicted octanol–water partition coefficient (Wildman–Crippen LogP) is 5.80. The molecular weight excluding hydrogens is 400 g/mol. The van der Waals surface area contributed by atoms with Gasteiger partial charge in [-0.25, -0.2) is 0 Å². The molecule has 140 valence electrons. The Labute approximate surface area is 169 Å². The van der Waals surface area contributed by atoms with Crippen LogP contribution < -0.4 is 10.6 Å². The van der Waals surface area contributed by atoms with Gasteiger partial charge in [-0.1, -0.05) is 47.1 Å². The van der Waals surface area contributed by atoms with Crippen molar-refractivity contribution in [1.29, 1.82) is 0 Å². The second-order valence-corrected chi connectivity index (χ2v) is 8.53. The number of amides is 1. The van der Waals surface area contributed by atoms with E-state index >= 15 is 0 Å². The van der Waals surface area contributed by atoms with Gasteiger partial charge in [-0.3, -0.25) is 4.79 Å². The molecule has 4 atom stereocenters. The van der Waals surface area contributed by atoms with Crippen LogP contribution in [0.5, 0.6) is 0 Å². The van der Waals surface area contributed by atoms with Crippen molar-refractivity contribution < 1.29 is 4.79 Å². The van der Waals surface area contributed by atoms with Gasteiger partial charge in [-0.15, -0.1) is 0 Å². The van der Waals surface area contributed by atoms with Crippen molar-refractivity contribution in [2.24, 2.45) is 5.92 Å². The third-order valence-corrected chi connectivity index (χ3v) is 6.37. The third-order valence-electron chi connectivity index (χ3n) is 5.84. The second kappa shape index (κ2) is 7.51. The molecule has 0 saturated heterocycles. The minimum absolute atomic E-state index is 0.0145. The van der Waals surface area contributed by atoms with Crippen LogP contribution in [0.25, 0.3) is 0 Å². The van der Waals surface area contributed by atoms with Crippen LogP contribution in [0.3, 0.4) is 0 Å². The number of hydrogen-bond donors (Lipinski definition) is 2. The molecule has 1 heterocycles. The number of carbonyl (C=O) groups excluding carboxylic acids is 1. The third kappa shape index (κ3) is 3.55. The number of halogens is 1. The van der Waals surface area contributed by atoms with E-state index in [4.69, 9.17) is 0 Å². The Morgan fingerprint density at radius 3 is 2.78 bits per heavy atom. The Hall–Kier alpha value is -2.07. The molecule has 0 aromatic heterocycles. The fraction of sp³-hybridized carbons (Fsp3) is 0.348. The molecule has 4 rings (SSSR count). The summed E-state index contributed by atoms with van der Waals surface area (Å²) in [7, 11) is 0. The van der Waals surface area contributed by atoms with Crippen LogP contribution in [-0.4, -0.2) is 11.9 Å². The highest BCUT2D eigenvalue weighted by molar-refractivity contribution is 9.10. The summed E-state index contributed by atoms with van der Waals surface area (Å²) < 4.78 is 1.10. The predicted molar refractivity (Wildman–Crippen MR) is 114 cm³/mol. The average Bonchev–Trinajstić information content (AvgIpc) is 3.17. The normalized spacial score (nSPS) is 23.9. The van der Waals surface area contributed by atoms with Crippen LogP contribution in [-0.2, 0) is 0 Å². The first-order chi connectivity index (χ1) is 13.1. The van der Waals surface area contributed by atoms with E-state index in [0.717, 1.165) is 28.6 Å². The Morgan fingerprint density at radius 2 is 2.04 bits per heavy atom. The minimum atomic E-state index is 0.0145. The topological polar surface area (TPSA) is 41.1 Å². The van der Waals surface area contributed by atoms with Crippen LogP contribution in [0.1, 0.15) is 60.1 Å². The number of allylic oxidation sites excluding steroid dienone is 2. The lowest BCUT2D eigenvalue weighted by molar-refractivity contribution is 0.0939. The first-order valence-corrected chi connectivity index (χ1v) is 10.5. The number of hydrogen-bond acceptors (Lipinski definition) is 2. The molecule has 0 spiro atoms. The summed E-state index contributed by atoms with van der Waals surface area (Å²) in [4.78, 5) is 12.6. The van der Waals surface area contributed by atoms with Crippen LogP contribution >= 0.6 is 15.9 Å². The quantitative estimate of drug-likeness (QED) is 0.608. The highest BCUT2D eigenvalue weighted by atomic mass is 79.9. The maximum Gasteiger partial charge on any atom is 0.251 e. The molecule has 0 bridgehead atoms. The van der Waals surface area contributed by atoms with Crippen molar-refractivity contribution in [2.45, 2.75) is 44.7 Å². The lowest BCUT2D eigenvalue weighted by Crippen LogP contribution is -2.33. The first-order valence-electron chi connectivity index (χ1n) is 9.70. The Kier molecular flexibility index (Phi) is 5.09. The van der Waals surface area contributed by atoms with Gasteiger partial charge in [0.25, 0.3) is 5.91 Å². The maximum absolute atomic E-state index is 12.6. The molecule has 2 aliphatic rings. The van der Waals surface area contributed by atoms with Gasteiger partial charge < -0.3 is 10.6 Å². The summed E-state index contributed by atoms with van der Waals surface area (Å²) in [5.74, 6) is 0.846. The molecule has 2 aromatic rings. The Balaban J connectivity index is 1.65. The van der Waals surface area contributed by atoms with Gasteiger partial charge in [0.05, 0.1) is 6.04 Å². The van der Waals surface area contributed by atoms with Gasteiger partial charge in [-0.05, 0) is 67.1 Å². The summed E-state index contributed by atoms with van der Waals surface area (Å²) in [5.41, 5.74) is 4.42. The molecule has 2 N–H and O–H groups in total.